The Bertz CT molecular complexity index is 1480. The smallest absolute Gasteiger partial charge is 0.246 e. The number of nitrogens with one attached hydrogen (secondary N) is 1. The molecular formula is C23H21BF2N6O2S. The molecule has 178 valence electrons. The summed E-state index contributed by atoms with van der Waals surface area (Å²) in [5.74, 6) is -1.43. The van der Waals surface area contributed by atoms with Crippen molar-refractivity contribution >= 4 is 34.8 Å². The van der Waals surface area contributed by atoms with E-state index in [0.29, 0.717) is 48.1 Å². The van der Waals surface area contributed by atoms with E-state index in [1.165, 1.54) is 10.5 Å². The van der Waals surface area contributed by atoms with Gasteiger partial charge in [0.05, 0.1) is 5.69 Å². The van der Waals surface area contributed by atoms with E-state index in [4.69, 9.17) is 7.85 Å². The lowest BCUT2D eigenvalue weighted by Gasteiger charge is -2.32. The van der Waals surface area contributed by atoms with Gasteiger partial charge >= 0.3 is 0 Å². The molecule has 4 aromatic rings. The topological polar surface area (TPSA) is 92.5 Å². The number of pyridine rings is 1. The lowest BCUT2D eigenvalue weighted by Crippen LogP contribution is -2.39. The molecule has 0 aliphatic carbocycles. The van der Waals surface area contributed by atoms with Crippen LogP contribution in [-0.2, 0) is 16.6 Å². The van der Waals surface area contributed by atoms with Crippen molar-refractivity contribution in [1.29, 1.82) is 0 Å². The van der Waals surface area contributed by atoms with Gasteiger partial charge in [0.15, 0.2) is 5.65 Å². The summed E-state index contributed by atoms with van der Waals surface area (Å²) in [5, 5.41) is 7.62. The molecule has 2 radical (unpaired) electrons. The summed E-state index contributed by atoms with van der Waals surface area (Å²) >= 11 is 0. The largest absolute Gasteiger partial charge is 0.366 e. The molecule has 1 unspecified atom stereocenters. The van der Waals surface area contributed by atoms with Crippen molar-refractivity contribution in [2.24, 2.45) is 0 Å². The molecule has 8 nitrogen and oxygen atoms in total. The Hall–Kier alpha value is -3.38. The third-order valence-corrected chi connectivity index (χ3v) is 7.91. The van der Waals surface area contributed by atoms with Gasteiger partial charge in [-0.3, -0.25) is 4.98 Å². The summed E-state index contributed by atoms with van der Waals surface area (Å²) in [7, 11) is 1.86. The highest BCUT2D eigenvalue weighted by Gasteiger charge is 2.34. The maximum atomic E-state index is 14.3. The number of hydrogen-bond acceptors (Lipinski definition) is 6. The van der Waals surface area contributed by atoms with Crippen LogP contribution in [0.15, 0.2) is 59.9 Å². The molecule has 0 spiro atoms. The zero-order valence-corrected chi connectivity index (χ0v) is 19.4. The second-order valence-corrected chi connectivity index (χ2v) is 10.3. The van der Waals surface area contributed by atoms with Gasteiger partial charge in [0, 0.05) is 50.2 Å². The Morgan fingerprint density at radius 3 is 2.83 bits per heavy atom. The van der Waals surface area contributed by atoms with Crippen LogP contribution >= 0.6 is 0 Å². The summed E-state index contributed by atoms with van der Waals surface area (Å²) in [6.45, 7) is 0.770. The Balaban J connectivity index is 1.45. The van der Waals surface area contributed by atoms with E-state index in [0.717, 1.165) is 17.7 Å². The number of nitrogens with zero attached hydrogens (tertiary/aromatic N) is 5. The zero-order valence-electron chi connectivity index (χ0n) is 18.6. The van der Waals surface area contributed by atoms with Gasteiger partial charge in [0.2, 0.25) is 10.0 Å². The van der Waals surface area contributed by atoms with Gasteiger partial charge in [-0.05, 0) is 48.1 Å². The van der Waals surface area contributed by atoms with Crippen molar-refractivity contribution in [3.05, 3.63) is 77.9 Å². The van der Waals surface area contributed by atoms with Crippen molar-refractivity contribution in [3.63, 3.8) is 0 Å². The second-order valence-electron chi connectivity index (χ2n) is 8.39. The van der Waals surface area contributed by atoms with Gasteiger partial charge in [-0.2, -0.15) is 13.9 Å². The average molecular weight is 494 g/mol. The highest BCUT2D eigenvalue weighted by Crippen LogP contribution is 2.31. The van der Waals surface area contributed by atoms with Gasteiger partial charge in [0.1, 0.15) is 30.2 Å². The van der Waals surface area contributed by atoms with Gasteiger partial charge in [0.25, 0.3) is 0 Å². The first-order valence-electron chi connectivity index (χ1n) is 11.0. The molecule has 12 heteroatoms. The van der Waals surface area contributed by atoms with E-state index in [2.05, 4.69) is 20.4 Å². The fraction of sp³-hybridized carbons (Fsp3) is 0.261. The monoisotopic (exact) mass is 494 g/mol. The van der Waals surface area contributed by atoms with Crippen LogP contribution in [0.5, 0.6) is 0 Å². The van der Waals surface area contributed by atoms with Crippen LogP contribution in [0, 0.1) is 11.6 Å². The molecule has 1 aliphatic heterocycles. The minimum atomic E-state index is -4.23. The second kappa shape index (κ2) is 9.35. The predicted octanol–water partition coefficient (Wildman–Crippen LogP) is 2.38. The van der Waals surface area contributed by atoms with E-state index in [1.807, 2.05) is 18.2 Å². The standard InChI is InChI=1S/C23H21BF2N6O2S/c24-18-13-29-32-22(28-12-15-3-1-7-27-11-15)10-20(30-23(18)32)16-4-2-8-31(14-16)35(33,34)21-9-17(25)5-6-19(21)26/h1,3,5-7,9-11,13,16,28H,2,4,8,12,14H2. The zero-order chi connectivity index (χ0) is 24.6. The van der Waals surface area contributed by atoms with Crippen molar-refractivity contribution in [2.45, 2.75) is 30.2 Å². The molecule has 1 fully saturated rings. The first-order valence-corrected chi connectivity index (χ1v) is 12.5. The van der Waals surface area contributed by atoms with E-state index in [-0.39, 0.29) is 19.0 Å². The summed E-state index contributed by atoms with van der Waals surface area (Å²) in [5.41, 5.74) is 2.44. The van der Waals surface area contributed by atoms with Crippen LogP contribution in [-0.4, -0.2) is 53.2 Å². The van der Waals surface area contributed by atoms with Crippen molar-refractivity contribution in [3.8, 4) is 0 Å². The Labute approximate surface area is 202 Å². The molecular weight excluding hydrogens is 473 g/mol. The quantitative estimate of drug-likeness (QED) is 0.414. The lowest BCUT2D eigenvalue weighted by molar-refractivity contribution is 0.311. The molecule has 35 heavy (non-hydrogen) atoms. The Morgan fingerprint density at radius 1 is 1.17 bits per heavy atom. The fourth-order valence-corrected chi connectivity index (χ4v) is 5.84. The van der Waals surface area contributed by atoms with Crippen LogP contribution in [0.25, 0.3) is 5.65 Å². The number of anilines is 1. The molecule has 1 aromatic carbocycles. The maximum absolute atomic E-state index is 14.3. The number of benzene rings is 1. The van der Waals surface area contributed by atoms with Crippen molar-refractivity contribution in [2.75, 3.05) is 18.4 Å². The normalized spacial score (nSPS) is 17.0. The number of piperidine rings is 1. The highest BCUT2D eigenvalue weighted by molar-refractivity contribution is 7.89. The molecule has 1 aliphatic rings. The molecule has 1 atom stereocenters. The van der Waals surface area contributed by atoms with Gasteiger partial charge in [-0.25, -0.2) is 22.2 Å². The molecule has 0 amide bonds. The van der Waals surface area contributed by atoms with Gasteiger partial charge in [-0.1, -0.05) is 6.07 Å². The molecule has 3 aromatic heterocycles. The van der Waals surface area contributed by atoms with E-state index in [1.54, 1.807) is 16.9 Å². The number of rotatable bonds is 6. The number of aromatic nitrogens is 4. The number of fused-ring (bicyclic) bond motifs is 1. The van der Waals surface area contributed by atoms with E-state index >= 15 is 0 Å². The van der Waals surface area contributed by atoms with Crippen molar-refractivity contribution in [1.82, 2.24) is 23.9 Å². The van der Waals surface area contributed by atoms with E-state index in [9.17, 15) is 17.2 Å². The summed E-state index contributed by atoms with van der Waals surface area (Å²) in [6.07, 6.45) is 6.17. The fourth-order valence-electron chi connectivity index (χ4n) is 4.25. The molecule has 0 bridgehead atoms. The van der Waals surface area contributed by atoms with Crippen LogP contribution < -0.4 is 10.8 Å². The molecule has 4 heterocycles. The first-order chi connectivity index (χ1) is 16.8. The number of sulfonamides is 1. The summed E-state index contributed by atoms with van der Waals surface area (Å²) in [4.78, 5) is 8.11. The molecule has 5 rings (SSSR count). The summed E-state index contributed by atoms with van der Waals surface area (Å²) < 4.78 is 57.0. The van der Waals surface area contributed by atoms with Crippen molar-refractivity contribution < 1.29 is 17.2 Å². The van der Waals surface area contributed by atoms with Gasteiger partial charge < -0.3 is 5.32 Å². The molecule has 0 saturated carbocycles. The highest BCUT2D eigenvalue weighted by atomic mass is 32.2. The Morgan fingerprint density at radius 2 is 2.03 bits per heavy atom. The minimum Gasteiger partial charge on any atom is -0.366 e. The lowest BCUT2D eigenvalue weighted by atomic mass is 9.95. The van der Waals surface area contributed by atoms with E-state index < -0.39 is 26.6 Å². The Kier molecular flexibility index (Phi) is 6.24. The maximum Gasteiger partial charge on any atom is 0.246 e. The predicted molar refractivity (Wildman–Crippen MR) is 127 cm³/mol. The average Bonchev–Trinajstić information content (AvgIpc) is 3.25. The number of hydrogen-bond donors (Lipinski definition) is 1. The van der Waals surface area contributed by atoms with Gasteiger partial charge in [-0.15, -0.1) is 0 Å². The van der Waals surface area contributed by atoms with Crippen LogP contribution in [0.4, 0.5) is 14.6 Å². The summed E-state index contributed by atoms with van der Waals surface area (Å²) in [6, 6.07) is 8.02. The minimum absolute atomic E-state index is 0.0809. The molecule has 1 N–H and O–H groups in total. The molecule has 1 saturated heterocycles. The number of halogens is 2. The SMILES string of the molecule is [B]c1cnn2c(NCc3cccnc3)cc(C3CCCN(S(=O)(=O)c4cc(F)ccc4F)C3)nc12. The van der Waals surface area contributed by atoms with Crippen LogP contribution in [0.1, 0.15) is 30.0 Å². The first kappa shape index (κ1) is 23.4. The third kappa shape index (κ3) is 4.63. The van der Waals surface area contributed by atoms with Crippen LogP contribution in [0.3, 0.4) is 0 Å². The third-order valence-electron chi connectivity index (χ3n) is 6.03. The van der Waals surface area contributed by atoms with Crippen LogP contribution in [0.2, 0.25) is 0 Å².